The molecule has 0 heterocycles. The maximum Gasteiger partial charge on any atom is 0.309 e. The molecule has 0 aromatic heterocycles. The molecule has 4 rings (SSSR count). The summed E-state index contributed by atoms with van der Waals surface area (Å²) in [6.45, 7) is 5.55. The second kappa shape index (κ2) is 5.24. The smallest absolute Gasteiger partial charge is 0.309 e. The average molecular weight is 308 g/mol. The fourth-order valence-corrected chi connectivity index (χ4v) is 5.24. The molecule has 0 amide bonds. The molecule has 4 aliphatic carbocycles. The fraction of sp³-hybridized carbons (Fsp3) is 0.889. The number of ether oxygens (including phenoxy) is 1. The topological polar surface area (TPSA) is 63.6 Å². The van der Waals surface area contributed by atoms with Crippen molar-refractivity contribution in [1.29, 1.82) is 0 Å². The number of aliphatic carboxylic acids is 1. The second-order valence-electron chi connectivity index (χ2n) is 8.36. The molecule has 4 bridgehead atoms. The van der Waals surface area contributed by atoms with Gasteiger partial charge < -0.3 is 9.84 Å². The third-order valence-electron chi connectivity index (χ3n) is 6.92. The number of carbonyl (C=O) groups excluding carboxylic acids is 1. The Labute approximate surface area is 132 Å². The third-order valence-corrected chi connectivity index (χ3v) is 6.92. The molecule has 4 aliphatic rings. The van der Waals surface area contributed by atoms with Crippen molar-refractivity contribution in [3.63, 3.8) is 0 Å². The van der Waals surface area contributed by atoms with Gasteiger partial charge in [0.25, 0.3) is 0 Å². The van der Waals surface area contributed by atoms with E-state index in [-0.39, 0.29) is 18.0 Å². The molecule has 0 aromatic rings. The van der Waals surface area contributed by atoms with Crippen LogP contribution < -0.4 is 0 Å². The maximum atomic E-state index is 12.4. The Morgan fingerprint density at radius 2 is 1.64 bits per heavy atom. The summed E-state index contributed by atoms with van der Waals surface area (Å²) in [4.78, 5) is 23.8. The van der Waals surface area contributed by atoms with Crippen molar-refractivity contribution >= 4 is 11.9 Å². The fourth-order valence-electron chi connectivity index (χ4n) is 5.24. The molecular formula is C18H28O4. The van der Waals surface area contributed by atoms with Crippen molar-refractivity contribution in [3.05, 3.63) is 0 Å². The molecule has 0 radical (unpaired) electrons. The first-order valence-corrected chi connectivity index (χ1v) is 8.72. The van der Waals surface area contributed by atoms with Gasteiger partial charge in [-0.2, -0.15) is 0 Å². The summed E-state index contributed by atoms with van der Waals surface area (Å²) in [7, 11) is 0. The molecule has 0 saturated heterocycles. The lowest BCUT2D eigenvalue weighted by Gasteiger charge is -2.59. The van der Waals surface area contributed by atoms with Gasteiger partial charge in [-0.15, -0.1) is 0 Å². The Kier molecular flexibility index (Phi) is 3.77. The van der Waals surface area contributed by atoms with Crippen LogP contribution in [-0.4, -0.2) is 22.6 Å². The van der Waals surface area contributed by atoms with Crippen molar-refractivity contribution in [1.82, 2.24) is 0 Å². The molecule has 0 spiro atoms. The molecule has 1 unspecified atom stereocenters. The molecule has 22 heavy (non-hydrogen) atoms. The van der Waals surface area contributed by atoms with Crippen LogP contribution in [0.4, 0.5) is 0 Å². The van der Waals surface area contributed by atoms with Gasteiger partial charge in [0.05, 0.1) is 11.8 Å². The third kappa shape index (κ3) is 2.44. The van der Waals surface area contributed by atoms with Crippen LogP contribution in [0.15, 0.2) is 0 Å². The van der Waals surface area contributed by atoms with Gasteiger partial charge in [0.2, 0.25) is 0 Å². The number of carboxylic acids is 1. The van der Waals surface area contributed by atoms with Gasteiger partial charge in [-0.3, -0.25) is 9.59 Å². The standard InChI is InChI=1S/C18H28O4/c1-4-17(2,16(20)21)10-15(19)22-18(3)13-6-11-5-12(8-13)9-14(18)7-11/h11-14H,4-10H2,1-3H3,(H,20,21). The zero-order valence-corrected chi connectivity index (χ0v) is 13.9. The zero-order chi connectivity index (χ0) is 16.1. The predicted octanol–water partition coefficient (Wildman–Crippen LogP) is 3.64. The zero-order valence-electron chi connectivity index (χ0n) is 13.9. The van der Waals surface area contributed by atoms with Crippen molar-refractivity contribution in [2.45, 2.75) is 71.3 Å². The van der Waals surface area contributed by atoms with Gasteiger partial charge in [-0.05, 0) is 76.0 Å². The van der Waals surface area contributed by atoms with E-state index in [0.29, 0.717) is 18.3 Å². The average Bonchev–Trinajstić information content (AvgIpc) is 2.43. The second-order valence-corrected chi connectivity index (χ2v) is 8.36. The first kappa shape index (κ1) is 15.8. The molecule has 4 saturated carbocycles. The minimum atomic E-state index is -1.01. The monoisotopic (exact) mass is 308 g/mol. The predicted molar refractivity (Wildman–Crippen MR) is 82.2 cm³/mol. The summed E-state index contributed by atoms with van der Waals surface area (Å²) in [5, 5.41) is 9.35. The van der Waals surface area contributed by atoms with Crippen molar-refractivity contribution < 1.29 is 19.4 Å². The Morgan fingerprint density at radius 1 is 1.14 bits per heavy atom. The minimum Gasteiger partial charge on any atom is -0.481 e. The lowest BCUT2D eigenvalue weighted by molar-refractivity contribution is -0.206. The summed E-state index contributed by atoms with van der Waals surface area (Å²) >= 11 is 0. The van der Waals surface area contributed by atoms with Crippen LogP contribution in [0.2, 0.25) is 0 Å². The molecule has 0 aliphatic heterocycles. The lowest BCUT2D eigenvalue weighted by atomic mass is 9.50. The van der Waals surface area contributed by atoms with E-state index >= 15 is 0 Å². The Balaban J connectivity index is 1.70. The van der Waals surface area contributed by atoms with Crippen LogP contribution in [0.1, 0.15) is 65.7 Å². The normalized spacial score (nSPS) is 42.0. The molecule has 4 heteroatoms. The van der Waals surface area contributed by atoms with E-state index in [9.17, 15) is 14.7 Å². The summed E-state index contributed by atoms with van der Waals surface area (Å²) in [6.07, 6.45) is 6.50. The van der Waals surface area contributed by atoms with Crippen LogP contribution in [0.25, 0.3) is 0 Å². The van der Waals surface area contributed by atoms with E-state index in [1.807, 2.05) is 6.92 Å². The van der Waals surface area contributed by atoms with Crippen LogP contribution >= 0.6 is 0 Å². The van der Waals surface area contributed by atoms with Crippen LogP contribution in [0.3, 0.4) is 0 Å². The van der Waals surface area contributed by atoms with Crippen molar-refractivity contribution in [2.75, 3.05) is 0 Å². The Hall–Kier alpha value is -1.06. The van der Waals surface area contributed by atoms with E-state index in [1.54, 1.807) is 6.92 Å². The highest BCUT2D eigenvalue weighted by Gasteiger charge is 2.57. The maximum absolute atomic E-state index is 12.4. The number of carboxylic acid groups (broad SMARTS) is 1. The van der Waals surface area contributed by atoms with E-state index in [0.717, 1.165) is 11.8 Å². The molecule has 4 nitrogen and oxygen atoms in total. The molecule has 1 N–H and O–H groups in total. The number of hydrogen-bond acceptors (Lipinski definition) is 3. The van der Waals surface area contributed by atoms with Gasteiger partial charge >= 0.3 is 11.9 Å². The van der Waals surface area contributed by atoms with E-state index in [1.165, 1.54) is 32.1 Å². The van der Waals surface area contributed by atoms with E-state index < -0.39 is 11.4 Å². The van der Waals surface area contributed by atoms with Gasteiger partial charge in [-0.1, -0.05) is 6.92 Å². The number of esters is 1. The molecule has 0 aromatic carbocycles. The summed E-state index contributed by atoms with van der Waals surface area (Å²) in [5.74, 6) is 1.36. The van der Waals surface area contributed by atoms with E-state index in [4.69, 9.17) is 4.74 Å². The molecule has 124 valence electrons. The quantitative estimate of drug-likeness (QED) is 0.788. The largest absolute Gasteiger partial charge is 0.481 e. The van der Waals surface area contributed by atoms with E-state index in [2.05, 4.69) is 6.92 Å². The highest BCUT2D eigenvalue weighted by molar-refractivity contribution is 5.82. The van der Waals surface area contributed by atoms with Crippen molar-refractivity contribution in [2.24, 2.45) is 29.1 Å². The number of rotatable bonds is 5. The van der Waals surface area contributed by atoms with Crippen LogP contribution in [0, 0.1) is 29.1 Å². The molecular weight excluding hydrogens is 280 g/mol. The number of carbonyl (C=O) groups is 2. The van der Waals surface area contributed by atoms with Gasteiger partial charge in [0, 0.05) is 0 Å². The number of hydrogen-bond donors (Lipinski definition) is 1. The Morgan fingerprint density at radius 3 is 2.05 bits per heavy atom. The minimum absolute atomic E-state index is 0.0271. The molecule has 4 fully saturated rings. The first-order chi connectivity index (χ1) is 10.3. The van der Waals surface area contributed by atoms with Crippen LogP contribution in [0.5, 0.6) is 0 Å². The molecule has 1 atom stereocenters. The highest BCUT2D eigenvalue weighted by atomic mass is 16.6. The first-order valence-electron chi connectivity index (χ1n) is 8.72. The van der Waals surface area contributed by atoms with Gasteiger partial charge in [0.1, 0.15) is 5.60 Å². The highest BCUT2D eigenvalue weighted by Crippen LogP contribution is 2.59. The van der Waals surface area contributed by atoms with Crippen molar-refractivity contribution in [3.8, 4) is 0 Å². The SMILES string of the molecule is CCC(C)(CC(=O)OC1(C)C2CC3CC(C2)CC1C3)C(=O)O. The summed E-state index contributed by atoms with van der Waals surface area (Å²) < 4.78 is 5.96. The van der Waals surface area contributed by atoms with Gasteiger partial charge in [-0.25, -0.2) is 0 Å². The lowest BCUT2D eigenvalue weighted by Crippen LogP contribution is -2.58. The summed E-state index contributed by atoms with van der Waals surface area (Å²) in [6, 6.07) is 0. The summed E-state index contributed by atoms with van der Waals surface area (Å²) in [5.41, 5.74) is -1.38. The van der Waals surface area contributed by atoms with Crippen LogP contribution in [-0.2, 0) is 14.3 Å². The Bertz CT molecular complexity index is 455. The van der Waals surface area contributed by atoms with Gasteiger partial charge in [0.15, 0.2) is 0 Å².